The highest BCUT2D eigenvalue weighted by atomic mass is 32.1. The average molecular weight is 784 g/mol. The van der Waals surface area contributed by atoms with E-state index < -0.39 is 30.1 Å². The summed E-state index contributed by atoms with van der Waals surface area (Å²) in [6.45, 7) is 14.7. The average Bonchev–Trinajstić information content (AvgIpc) is 3.90. The number of thiazole rings is 1. The van der Waals surface area contributed by atoms with Crippen molar-refractivity contribution >= 4 is 34.8 Å². The van der Waals surface area contributed by atoms with Crippen molar-refractivity contribution in [3.05, 3.63) is 52.5 Å². The topological polar surface area (TPSA) is 130 Å². The second kappa shape index (κ2) is 22.5. The quantitative estimate of drug-likeness (QED) is 0.134. The highest BCUT2D eigenvalue weighted by molar-refractivity contribution is 7.09. The first-order valence-electron chi connectivity index (χ1n) is 20.3. The molecule has 55 heavy (non-hydrogen) atoms. The van der Waals surface area contributed by atoms with Crippen LogP contribution in [0.1, 0.15) is 104 Å². The van der Waals surface area contributed by atoms with Gasteiger partial charge in [-0.1, -0.05) is 91.6 Å². The minimum absolute atomic E-state index is 0.00510. The number of benzene rings is 1. The third-order valence-corrected chi connectivity index (χ3v) is 12.9. The number of ketones is 1. The van der Waals surface area contributed by atoms with E-state index in [1.54, 1.807) is 39.4 Å². The van der Waals surface area contributed by atoms with Gasteiger partial charge in [0.2, 0.25) is 17.7 Å². The molecule has 1 aromatic carbocycles. The molecule has 0 saturated carbocycles. The second-order valence-corrected chi connectivity index (χ2v) is 16.8. The van der Waals surface area contributed by atoms with E-state index in [4.69, 9.17) is 9.47 Å². The summed E-state index contributed by atoms with van der Waals surface area (Å²) in [4.78, 5) is 64.2. The molecule has 1 aliphatic heterocycles. The number of carbonyl (C=O) groups is 4. The predicted molar refractivity (Wildman–Crippen MR) is 220 cm³/mol. The zero-order chi connectivity index (χ0) is 40.8. The minimum Gasteiger partial charge on any atom is -0.379 e. The van der Waals surface area contributed by atoms with Crippen LogP contribution in [0.3, 0.4) is 0 Å². The standard InChI is InChI=1S/C43H69N5O6S/c1-12-28(5)32(25-35(49)38(44-8)27(3)4)43(52)47(9)39(29(6)13-2)36(53-10)26-37(50)48-22-17-20-34(48)40(54-11)30(7)41(51)46-33(42-45-21-23-55-42)24-31-18-15-14-16-19-31/h14-16,18-19,21,23,27-30,32-34,36,38-40,44H,12-13,17,20,22,24-26H2,1-11H3,(H,46,51)/t28-,29+,30-,32+,33+,34+,36-,38+,39+,40-/m1/s1. The normalized spacial score (nSPS) is 19.5. The summed E-state index contributed by atoms with van der Waals surface area (Å²) in [7, 11) is 6.79. The van der Waals surface area contributed by atoms with Crippen LogP contribution in [0.15, 0.2) is 41.9 Å². The molecule has 11 nitrogen and oxygen atoms in total. The van der Waals surface area contributed by atoms with E-state index in [2.05, 4.69) is 29.5 Å². The molecule has 1 fully saturated rings. The maximum Gasteiger partial charge on any atom is 0.226 e. The lowest BCUT2D eigenvalue weighted by molar-refractivity contribution is -0.149. The van der Waals surface area contributed by atoms with Crippen LogP contribution >= 0.6 is 11.3 Å². The van der Waals surface area contributed by atoms with Crippen LogP contribution in [0.25, 0.3) is 0 Å². The van der Waals surface area contributed by atoms with E-state index in [1.165, 1.54) is 11.3 Å². The predicted octanol–water partition coefficient (Wildman–Crippen LogP) is 6.33. The lowest BCUT2D eigenvalue weighted by Crippen LogP contribution is -2.54. The summed E-state index contributed by atoms with van der Waals surface area (Å²) in [5.41, 5.74) is 1.10. The first-order valence-corrected chi connectivity index (χ1v) is 21.2. The van der Waals surface area contributed by atoms with E-state index in [1.807, 2.05) is 75.2 Å². The maximum atomic E-state index is 14.4. The van der Waals surface area contributed by atoms with Gasteiger partial charge in [0.15, 0.2) is 5.78 Å². The molecule has 0 bridgehead atoms. The fraction of sp³-hybridized carbons (Fsp3) is 0.698. The van der Waals surface area contributed by atoms with Crippen molar-refractivity contribution in [2.45, 2.75) is 130 Å². The molecule has 2 heterocycles. The summed E-state index contributed by atoms with van der Waals surface area (Å²) >= 11 is 1.51. The van der Waals surface area contributed by atoms with Crippen LogP contribution in [0, 0.1) is 29.6 Å². The summed E-state index contributed by atoms with van der Waals surface area (Å²) in [6.07, 6.45) is 4.50. The summed E-state index contributed by atoms with van der Waals surface area (Å²) < 4.78 is 12.1. The van der Waals surface area contributed by atoms with Crippen molar-refractivity contribution in [1.29, 1.82) is 0 Å². The Labute approximate surface area is 334 Å². The molecule has 1 aromatic heterocycles. The minimum atomic E-state index is -0.578. The van der Waals surface area contributed by atoms with Crippen molar-refractivity contribution < 1.29 is 28.7 Å². The van der Waals surface area contributed by atoms with Gasteiger partial charge < -0.3 is 29.9 Å². The van der Waals surface area contributed by atoms with E-state index >= 15 is 0 Å². The molecule has 308 valence electrons. The Morgan fingerprint density at radius 1 is 0.982 bits per heavy atom. The van der Waals surface area contributed by atoms with E-state index in [9.17, 15) is 19.2 Å². The molecule has 0 unspecified atom stereocenters. The van der Waals surface area contributed by atoms with E-state index in [0.717, 1.165) is 29.8 Å². The van der Waals surface area contributed by atoms with Crippen LogP contribution in [0.4, 0.5) is 0 Å². The summed E-state index contributed by atoms with van der Waals surface area (Å²) in [5, 5.41) is 9.12. The Kier molecular flexibility index (Phi) is 18.9. The highest BCUT2D eigenvalue weighted by Gasteiger charge is 2.43. The molecule has 1 saturated heterocycles. The molecule has 12 heteroatoms. The van der Waals surface area contributed by atoms with Gasteiger partial charge in [-0.3, -0.25) is 19.2 Å². The van der Waals surface area contributed by atoms with Gasteiger partial charge in [-0.05, 0) is 49.6 Å². The zero-order valence-corrected chi connectivity index (χ0v) is 36.1. The number of carbonyl (C=O) groups excluding carboxylic acids is 4. The van der Waals surface area contributed by atoms with E-state index in [0.29, 0.717) is 19.4 Å². The second-order valence-electron chi connectivity index (χ2n) is 15.9. The molecule has 1 aliphatic rings. The van der Waals surface area contributed by atoms with Gasteiger partial charge in [-0.15, -0.1) is 11.3 Å². The Hall–Kier alpha value is -3.19. The Balaban J connectivity index is 1.80. The number of rotatable bonds is 23. The number of likely N-dealkylation sites (N-methyl/N-ethyl adjacent to an activating group) is 2. The van der Waals surface area contributed by atoms with Gasteiger partial charge in [-0.2, -0.15) is 0 Å². The monoisotopic (exact) mass is 783 g/mol. The van der Waals surface area contributed by atoms with Gasteiger partial charge in [0.25, 0.3) is 0 Å². The summed E-state index contributed by atoms with van der Waals surface area (Å²) in [5.74, 6) is -1.22. The Morgan fingerprint density at radius 3 is 2.20 bits per heavy atom. The number of hydrogen-bond acceptors (Lipinski definition) is 9. The Bertz CT molecular complexity index is 1470. The van der Waals surface area contributed by atoms with Gasteiger partial charge in [0, 0.05) is 51.7 Å². The SMILES string of the molecule is CC[C@@H](C)[C@H](CC(=O)[C@@H](NC)C(C)C)C(=O)N(C)[C@@H]([C@@H](C)CC)[C@@H](CC(=O)N1CCC[C@H]1[C@H](OC)[C@@H](C)C(=O)N[C@@H](Cc1ccccc1)c1nccs1)OC. The first kappa shape index (κ1) is 46.2. The molecule has 3 amide bonds. The van der Waals surface area contributed by atoms with Crippen molar-refractivity contribution in [3.63, 3.8) is 0 Å². The van der Waals surface area contributed by atoms with Gasteiger partial charge in [0.05, 0.1) is 48.7 Å². The van der Waals surface area contributed by atoms with Crippen LogP contribution in [0.5, 0.6) is 0 Å². The largest absolute Gasteiger partial charge is 0.379 e. The molecule has 2 aromatic rings. The van der Waals surface area contributed by atoms with Crippen molar-refractivity contribution in [3.8, 4) is 0 Å². The number of nitrogens with one attached hydrogen (secondary N) is 2. The molecular weight excluding hydrogens is 715 g/mol. The number of methoxy groups -OCH3 is 2. The number of amides is 3. The molecule has 2 N–H and O–H groups in total. The number of aromatic nitrogens is 1. The van der Waals surface area contributed by atoms with Gasteiger partial charge in [0.1, 0.15) is 5.01 Å². The van der Waals surface area contributed by atoms with E-state index in [-0.39, 0.29) is 72.2 Å². The summed E-state index contributed by atoms with van der Waals surface area (Å²) in [6, 6.07) is 8.71. The van der Waals surface area contributed by atoms with Crippen molar-refractivity contribution in [2.75, 3.05) is 34.9 Å². The van der Waals surface area contributed by atoms with Gasteiger partial charge >= 0.3 is 0 Å². The number of nitrogens with zero attached hydrogens (tertiary/aromatic N) is 3. The molecule has 0 spiro atoms. The number of hydrogen-bond donors (Lipinski definition) is 2. The third-order valence-electron chi connectivity index (χ3n) is 12.0. The van der Waals surface area contributed by atoms with Crippen molar-refractivity contribution in [1.82, 2.24) is 25.4 Å². The van der Waals surface area contributed by atoms with Crippen LogP contribution < -0.4 is 10.6 Å². The molecule has 0 aliphatic carbocycles. The highest BCUT2D eigenvalue weighted by Crippen LogP contribution is 2.32. The lowest BCUT2D eigenvalue weighted by Gasteiger charge is -2.41. The van der Waals surface area contributed by atoms with Crippen LogP contribution in [-0.2, 0) is 35.1 Å². The number of ether oxygens (including phenoxy) is 2. The van der Waals surface area contributed by atoms with Crippen LogP contribution in [0.2, 0.25) is 0 Å². The zero-order valence-electron chi connectivity index (χ0n) is 35.2. The number of Topliss-reactive ketones (excluding diaryl/α,β-unsaturated/α-hetero) is 1. The third kappa shape index (κ3) is 12.2. The fourth-order valence-electron chi connectivity index (χ4n) is 8.35. The maximum absolute atomic E-state index is 14.4. The first-order chi connectivity index (χ1) is 26.2. The van der Waals surface area contributed by atoms with Gasteiger partial charge in [-0.25, -0.2) is 4.98 Å². The van der Waals surface area contributed by atoms with Crippen molar-refractivity contribution in [2.24, 2.45) is 29.6 Å². The molecule has 3 rings (SSSR count). The Morgan fingerprint density at radius 2 is 1.65 bits per heavy atom. The fourth-order valence-corrected chi connectivity index (χ4v) is 9.04. The van der Waals surface area contributed by atoms with Crippen LogP contribution in [-0.4, -0.2) is 103 Å². The molecule has 0 radical (unpaired) electrons. The molecule has 10 atom stereocenters. The lowest BCUT2D eigenvalue weighted by atomic mass is 9.82. The molecular formula is C43H69N5O6S. The number of likely N-dealkylation sites (tertiary alicyclic amines) is 1. The smallest absolute Gasteiger partial charge is 0.226 e.